The summed E-state index contributed by atoms with van der Waals surface area (Å²) in [5, 5.41) is 21.1. The summed E-state index contributed by atoms with van der Waals surface area (Å²) >= 11 is 1.76. The van der Waals surface area contributed by atoms with E-state index < -0.39 is 24.1 Å². The van der Waals surface area contributed by atoms with Crippen molar-refractivity contribution in [2.75, 3.05) is 25.1 Å². The fourth-order valence-corrected chi connectivity index (χ4v) is 2.43. The lowest BCUT2D eigenvalue weighted by atomic mass is 10.2. The number of carbonyl (C=O) groups is 2. The number of β-amino-alcohol motifs (C(OH)–C–C–N with tert-alkyl or cyclic N) is 1. The number of hydrogen-bond acceptors (Lipinski definition) is 4. The number of nitrogens with one attached hydrogen (secondary N) is 1. The van der Waals surface area contributed by atoms with Crippen molar-refractivity contribution >= 4 is 23.8 Å². The number of unbranched alkanes of at least 4 members (excludes halogenated alkanes) is 1. The van der Waals surface area contributed by atoms with Gasteiger partial charge in [-0.3, -0.25) is 0 Å². The first-order valence-corrected chi connectivity index (χ1v) is 7.40. The van der Waals surface area contributed by atoms with E-state index in [2.05, 4.69) is 5.32 Å². The van der Waals surface area contributed by atoms with Gasteiger partial charge >= 0.3 is 12.0 Å². The van der Waals surface area contributed by atoms with Crippen LogP contribution < -0.4 is 5.32 Å². The van der Waals surface area contributed by atoms with Gasteiger partial charge in [-0.15, -0.1) is 0 Å². The summed E-state index contributed by atoms with van der Waals surface area (Å²) in [5.74, 6) is -0.0140. The first kappa shape index (κ1) is 15.1. The van der Waals surface area contributed by atoms with Crippen molar-refractivity contribution in [2.24, 2.45) is 0 Å². The topological polar surface area (TPSA) is 89.9 Å². The maximum atomic E-state index is 11.8. The molecule has 0 aromatic carbocycles. The number of aliphatic hydroxyl groups excluding tert-OH is 1. The van der Waals surface area contributed by atoms with Crippen LogP contribution in [0.15, 0.2) is 0 Å². The van der Waals surface area contributed by atoms with Crippen LogP contribution in [0.4, 0.5) is 4.79 Å². The number of amides is 2. The Morgan fingerprint density at radius 1 is 1.44 bits per heavy atom. The van der Waals surface area contributed by atoms with E-state index in [1.54, 1.807) is 11.8 Å². The van der Waals surface area contributed by atoms with Crippen LogP contribution in [-0.4, -0.2) is 64.4 Å². The minimum Gasteiger partial charge on any atom is -0.480 e. The maximum absolute atomic E-state index is 11.8. The average Bonchev–Trinajstić information content (AvgIpc) is 2.71. The smallest absolute Gasteiger partial charge is 0.326 e. The predicted molar refractivity (Wildman–Crippen MR) is 69.8 cm³/mol. The SMILES string of the molecule is CSCCCCNC(=O)N1C[C@H](O)C[C@@H]1C(=O)O. The highest BCUT2D eigenvalue weighted by molar-refractivity contribution is 7.98. The second kappa shape index (κ2) is 7.48. The molecule has 1 rings (SSSR count). The molecule has 0 unspecified atom stereocenters. The highest BCUT2D eigenvalue weighted by Crippen LogP contribution is 2.18. The van der Waals surface area contributed by atoms with E-state index in [-0.39, 0.29) is 13.0 Å². The van der Waals surface area contributed by atoms with Crippen LogP contribution in [0.25, 0.3) is 0 Å². The molecule has 0 spiro atoms. The summed E-state index contributed by atoms with van der Waals surface area (Å²) in [6.07, 6.45) is 3.29. The molecule has 104 valence electrons. The molecule has 1 aliphatic heterocycles. The van der Waals surface area contributed by atoms with E-state index in [0.29, 0.717) is 6.54 Å². The Morgan fingerprint density at radius 3 is 2.78 bits per heavy atom. The summed E-state index contributed by atoms with van der Waals surface area (Å²) in [6.45, 7) is 0.631. The van der Waals surface area contributed by atoms with Gasteiger partial charge in [0.2, 0.25) is 0 Å². The molecule has 0 aromatic rings. The number of hydrogen-bond donors (Lipinski definition) is 3. The summed E-state index contributed by atoms with van der Waals surface area (Å²) in [5.41, 5.74) is 0. The highest BCUT2D eigenvalue weighted by atomic mass is 32.2. The summed E-state index contributed by atoms with van der Waals surface area (Å²) in [7, 11) is 0. The average molecular weight is 276 g/mol. The number of urea groups is 1. The van der Waals surface area contributed by atoms with Crippen molar-refractivity contribution in [3.05, 3.63) is 0 Å². The molecule has 0 saturated carbocycles. The fraction of sp³-hybridized carbons (Fsp3) is 0.818. The lowest BCUT2D eigenvalue weighted by molar-refractivity contribution is -0.141. The molecule has 1 fully saturated rings. The largest absolute Gasteiger partial charge is 0.480 e. The van der Waals surface area contributed by atoms with Gasteiger partial charge in [0.25, 0.3) is 0 Å². The number of nitrogens with zero attached hydrogens (tertiary/aromatic N) is 1. The van der Waals surface area contributed by atoms with Gasteiger partial charge in [-0.2, -0.15) is 11.8 Å². The van der Waals surface area contributed by atoms with Gasteiger partial charge in [0.1, 0.15) is 6.04 Å². The van der Waals surface area contributed by atoms with Gasteiger partial charge in [0.15, 0.2) is 0 Å². The quantitative estimate of drug-likeness (QED) is 0.609. The fourth-order valence-electron chi connectivity index (χ4n) is 1.94. The van der Waals surface area contributed by atoms with Crippen molar-refractivity contribution in [1.29, 1.82) is 0 Å². The van der Waals surface area contributed by atoms with Crippen molar-refractivity contribution < 1.29 is 19.8 Å². The number of rotatable bonds is 6. The molecule has 2 amide bonds. The number of thioether (sulfide) groups is 1. The van der Waals surface area contributed by atoms with Crippen molar-refractivity contribution in [3.8, 4) is 0 Å². The third-order valence-electron chi connectivity index (χ3n) is 2.88. The second-order valence-electron chi connectivity index (χ2n) is 4.33. The molecular formula is C11H20N2O4S. The van der Waals surface area contributed by atoms with Crippen LogP contribution in [0.5, 0.6) is 0 Å². The number of carbonyl (C=O) groups excluding carboxylic acids is 1. The summed E-state index contributed by atoms with van der Waals surface area (Å²) in [4.78, 5) is 23.9. The number of aliphatic hydroxyl groups is 1. The molecule has 2 atom stereocenters. The number of likely N-dealkylation sites (tertiary alicyclic amines) is 1. The summed E-state index contributed by atoms with van der Waals surface area (Å²) < 4.78 is 0. The van der Waals surface area contributed by atoms with Crippen molar-refractivity contribution in [3.63, 3.8) is 0 Å². The van der Waals surface area contributed by atoms with Gasteiger partial charge < -0.3 is 20.4 Å². The molecule has 0 aliphatic carbocycles. The van der Waals surface area contributed by atoms with Crippen LogP contribution >= 0.6 is 11.8 Å². The molecule has 1 aliphatic rings. The number of carboxylic acids is 1. The normalized spacial score (nSPS) is 23.1. The molecule has 6 nitrogen and oxygen atoms in total. The van der Waals surface area contributed by atoms with Gasteiger partial charge in [0, 0.05) is 19.5 Å². The number of carboxylic acid groups (broad SMARTS) is 1. The highest BCUT2D eigenvalue weighted by Gasteiger charge is 2.38. The van der Waals surface area contributed by atoms with Gasteiger partial charge in [0.05, 0.1) is 6.10 Å². The molecular weight excluding hydrogens is 256 g/mol. The van der Waals surface area contributed by atoms with Gasteiger partial charge in [-0.05, 0) is 24.9 Å². The van der Waals surface area contributed by atoms with E-state index in [0.717, 1.165) is 18.6 Å². The molecule has 3 N–H and O–H groups in total. The molecule has 0 aromatic heterocycles. The van der Waals surface area contributed by atoms with E-state index >= 15 is 0 Å². The first-order chi connectivity index (χ1) is 8.56. The van der Waals surface area contributed by atoms with Gasteiger partial charge in [-0.25, -0.2) is 9.59 Å². The molecule has 0 bridgehead atoms. The zero-order valence-corrected chi connectivity index (χ0v) is 11.3. The lowest BCUT2D eigenvalue weighted by Gasteiger charge is -2.21. The van der Waals surface area contributed by atoms with E-state index in [1.807, 2.05) is 6.26 Å². The van der Waals surface area contributed by atoms with Crippen molar-refractivity contribution in [2.45, 2.75) is 31.4 Å². The number of aliphatic carboxylic acids is 1. The van der Waals surface area contributed by atoms with Gasteiger partial charge in [-0.1, -0.05) is 0 Å². The Bertz CT molecular complexity index is 301. The molecule has 1 saturated heterocycles. The van der Waals surface area contributed by atoms with Crippen LogP contribution in [-0.2, 0) is 4.79 Å². The van der Waals surface area contributed by atoms with E-state index in [4.69, 9.17) is 5.11 Å². The zero-order valence-electron chi connectivity index (χ0n) is 10.5. The van der Waals surface area contributed by atoms with Crippen LogP contribution in [0, 0.1) is 0 Å². The predicted octanol–water partition coefficient (Wildman–Crippen LogP) is 0.359. The Labute approximate surface area is 111 Å². The first-order valence-electron chi connectivity index (χ1n) is 6.00. The Balaban J connectivity index is 2.33. The third kappa shape index (κ3) is 4.38. The standard InChI is InChI=1S/C11H20N2O4S/c1-18-5-3-2-4-12-11(17)13-7-8(14)6-9(13)10(15)16/h8-9,14H,2-7H2,1H3,(H,12,17)(H,15,16)/t8-,9-/m1/s1. The second-order valence-corrected chi connectivity index (χ2v) is 5.31. The Hall–Kier alpha value is -0.950. The molecule has 0 radical (unpaired) electrons. The summed E-state index contributed by atoms with van der Waals surface area (Å²) in [6, 6.07) is -1.31. The molecule has 7 heteroatoms. The Morgan fingerprint density at radius 2 is 2.17 bits per heavy atom. The van der Waals surface area contributed by atoms with Crippen LogP contribution in [0.1, 0.15) is 19.3 Å². The zero-order chi connectivity index (χ0) is 13.5. The van der Waals surface area contributed by atoms with E-state index in [1.165, 1.54) is 4.90 Å². The molecule has 1 heterocycles. The lowest BCUT2D eigenvalue weighted by Crippen LogP contribution is -2.46. The Kier molecular flexibility index (Phi) is 6.28. The third-order valence-corrected chi connectivity index (χ3v) is 3.57. The van der Waals surface area contributed by atoms with Crippen molar-refractivity contribution in [1.82, 2.24) is 10.2 Å². The minimum atomic E-state index is -1.07. The van der Waals surface area contributed by atoms with Crippen LogP contribution in [0.3, 0.4) is 0 Å². The molecule has 18 heavy (non-hydrogen) atoms. The van der Waals surface area contributed by atoms with Crippen LogP contribution in [0.2, 0.25) is 0 Å². The minimum absolute atomic E-state index is 0.0909. The maximum Gasteiger partial charge on any atom is 0.326 e. The monoisotopic (exact) mass is 276 g/mol. The van der Waals surface area contributed by atoms with E-state index in [9.17, 15) is 14.7 Å².